The molecule has 1 heterocycles. The van der Waals surface area contributed by atoms with E-state index >= 15 is 0 Å². The van der Waals surface area contributed by atoms with Gasteiger partial charge in [-0.05, 0) is 29.0 Å². The lowest BCUT2D eigenvalue weighted by Gasteiger charge is -2.35. The largest absolute Gasteiger partial charge is 0.692 e. The van der Waals surface area contributed by atoms with Gasteiger partial charge in [-0.3, -0.25) is 0 Å². The molecule has 0 bridgehead atoms. The van der Waals surface area contributed by atoms with Crippen LogP contribution in [0.4, 0.5) is 0 Å². The zero-order chi connectivity index (χ0) is 26.7. The maximum atomic E-state index is 9.78. The van der Waals surface area contributed by atoms with Gasteiger partial charge in [0.15, 0.2) is 5.82 Å². The lowest BCUT2D eigenvalue weighted by molar-refractivity contribution is 0.315. The van der Waals surface area contributed by atoms with Gasteiger partial charge in [0.25, 0.3) is 0 Å². The first kappa shape index (κ1) is 27.9. The van der Waals surface area contributed by atoms with E-state index in [1.807, 2.05) is 59.3 Å². The molecule has 0 spiro atoms. The Labute approximate surface area is 217 Å². The van der Waals surface area contributed by atoms with E-state index in [2.05, 4.69) is 60.4 Å². The number of aromatic nitrogens is 3. The lowest BCUT2D eigenvalue weighted by atomic mass is 9.77. The van der Waals surface area contributed by atoms with Crippen molar-refractivity contribution < 1.29 is 19.6 Å². The molecule has 37 heavy (non-hydrogen) atoms. The van der Waals surface area contributed by atoms with Crippen LogP contribution in [0.2, 0.25) is 0 Å². The summed E-state index contributed by atoms with van der Waals surface area (Å²) < 4.78 is 10.6. The van der Waals surface area contributed by atoms with Crippen molar-refractivity contribution in [1.82, 2.24) is 14.8 Å². The zero-order valence-corrected chi connectivity index (χ0v) is 21.8. The van der Waals surface area contributed by atoms with Gasteiger partial charge in [-0.15, -0.1) is 14.9 Å². The summed E-state index contributed by atoms with van der Waals surface area (Å²) in [6, 6.07) is 31.0. The normalized spacial score (nSPS) is 11.6. The van der Waals surface area contributed by atoms with Gasteiger partial charge in [0.2, 0.25) is 0 Å². The molecule has 0 saturated carbocycles. The predicted octanol–water partition coefficient (Wildman–Crippen LogP) is 5.75. The maximum absolute atomic E-state index is 9.78. The topological polar surface area (TPSA) is 121 Å². The van der Waals surface area contributed by atoms with Crippen molar-refractivity contribution in [1.29, 1.82) is 0 Å². The molecule has 9 heteroatoms. The number of hydrogen-bond donors (Lipinski definition) is 3. The molecule has 8 nitrogen and oxygen atoms in total. The van der Waals surface area contributed by atoms with Gasteiger partial charge < -0.3 is 5.21 Å². The summed E-state index contributed by atoms with van der Waals surface area (Å²) >= 11 is 0. The van der Waals surface area contributed by atoms with Gasteiger partial charge in [0.1, 0.15) is 17.6 Å². The van der Waals surface area contributed by atoms with E-state index in [0.29, 0.717) is 23.9 Å². The first-order valence-electron chi connectivity index (χ1n) is 12.1. The van der Waals surface area contributed by atoms with Crippen LogP contribution in [0, 0.1) is 5.92 Å². The first-order valence-corrected chi connectivity index (χ1v) is 13.3. The predicted molar refractivity (Wildman–Crippen MR) is 144 cm³/mol. The molecule has 0 aliphatic carbocycles. The second-order valence-electron chi connectivity index (χ2n) is 8.51. The third kappa shape index (κ3) is 6.54. The standard InChI is InChI=1S/C28H30N4O.HO3P/c1-3-22(4-2)20-26(31-33)27-29-21-32(30-27)28(23-14-8-5-9-15-23,24-16-10-6-11-17-24)25-18-12-7-13-19-25;1-4(2)3/h5-19,21-22,33H,3-4,20H2,1-2H3;(H-,1,2,3)/p+1. The third-order valence-electron chi connectivity index (χ3n) is 6.43. The second kappa shape index (κ2) is 13.6. The molecule has 1 aromatic heterocycles. The number of oxime groups is 1. The quantitative estimate of drug-likeness (QED) is 0.0851. The molecule has 0 atom stereocenters. The van der Waals surface area contributed by atoms with Crippen LogP contribution in [-0.4, -0.2) is 35.5 Å². The van der Waals surface area contributed by atoms with E-state index in [0.717, 1.165) is 29.5 Å². The minimum Gasteiger partial charge on any atom is -0.411 e. The molecule has 0 radical (unpaired) electrons. The summed E-state index contributed by atoms with van der Waals surface area (Å²) in [5, 5.41) is 18.3. The molecule has 0 fully saturated rings. The fourth-order valence-corrected chi connectivity index (χ4v) is 4.52. The van der Waals surface area contributed by atoms with Gasteiger partial charge in [-0.25, -0.2) is 9.67 Å². The Kier molecular flexibility index (Phi) is 10.2. The Balaban J connectivity index is 0.000000886. The molecule has 0 aliphatic heterocycles. The highest BCUT2D eigenvalue weighted by molar-refractivity contribution is 7.30. The smallest absolute Gasteiger partial charge is 0.411 e. The Morgan fingerprint density at radius 1 is 0.865 bits per heavy atom. The molecule has 0 aliphatic rings. The van der Waals surface area contributed by atoms with E-state index in [9.17, 15) is 5.21 Å². The van der Waals surface area contributed by atoms with Crippen molar-refractivity contribution in [3.8, 4) is 0 Å². The maximum Gasteiger partial charge on any atom is 0.692 e. The van der Waals surface area contributed by atoms with Gasteiger partial charge >= 0.3 is 8.25 Å². The molecule has 3 N–H and O–H groups in total. The van der Waals surface area contributed by atoms with E-state index in [-0.39, 0.29) is 0 Å². The average Bonchev–Trinajstić information content (AvgIpc) is 3.42. The fraction of sp³-hybridized carbons (Fsp3) is 0.250. The summed E-state index contributed by atoms with van der Waals surface area (Å²) in [6.45, 7) is 4.31. The van der Waals surface area contributed by atoms with Crippen LogP contribution in [0.3, 0.4) is 0 Å². The van der Waals surface area contributed by atoms with E-state index < -0.39 is 13.8 Å². The molecule has 4 aromatic rings. The zero-order valence-electron chi connectivity index (χ0n) is 20.9. The molecule has 4 rings (SSSR count). The Morgan fingerprint density at radius 3 is 1.62 bits per heavy atom. The molecular weight excluding hydrogens is 487 g/mol. The number of hydrogen-bond acceptors (Lipinski definition) is 5. The first-order chi connectivity index (χ1) is 18.0. The summed E-state index contributed by atoms with van der Waals surface area (Å²) in [5.41, 5.74) is 3.00. The number of rotatable bonds is 9. The SMILES string of the molecule is CCC(CC)CC(=NO)c1ncn(C(c2ccccc2)(c2ccccc2)c2ccccc2)n1.O=[P+](O)O. The Morgan fingerprint density at radius 2 is 1.27 bits per heavy atom. The molecule has 0 unspecified atom stereocenters. The highest BCUT2D eigenvalue weighted by Gasteiger charge is 2.39. The minimum absolute atomic E-state index is 0.421. The Hall–Kier alpha value is -3.71. The average molecular weight is 520 g/mol. The lowest BCUT2D eigenvalue weighted by Crippen LogP contribution is -2.38. The number of nitrogens with zero attached hydrogens (tertiary/aromatic N) is 4. The molecule has 0 saturated heterocycles. The van der Waals surface area contributed by atoms with Gasteiger partial charge in [-0.1, -0.05) is 123 Å². The molecule has 0 amide bonds. The van der Waals surface area contributed by atoms with E-state index in [1.54, 1.807) is 6.33 Å². The van der Waals surface area contributed by atoms with Crippen LogP contribution in [0.5, 0.6) is 0 Å². The van der Waals surface area contributed by atoms with Gasteiger partial charge in [0, 0.05) is 4.57 Å². The van der Waals surface area contributed by atoms with Crippen LogP contribution >= 0.6 is 8.25 Å². The van der Waals surface area contributed by atoms with Gasteiger partial charge in [0.05, 0.1) is 0 Å². The van der Waals surface area contributed by atoms with Crippen molar-refractivity contribution in [3.63, 3.8) is 0 Å². The van der Waals surface area contributed by atoms with Crippen LogP contribution < -0.4 is 0 Å². The minimum atomic E-state index is -2.87. The van der Waals surface area contributed by atoms with Crippen molar-refractivity contribution in [2.45, 2.75) is 38.6 Å². The van der Waals surface area contributed by atoms with Crippen LogP contribution in [0.1, 0.15) is 55.6 Å². The van der Waals surface area contributed by atoms with Crippen LogP contribution in [0.25, 0.3) is 0 Å². The monoisotopic (exact) mass is 519 g/mol. The van der Waals surface area contributed by atoms with Crippen molar-refractivity contribution in [2.24, 2.45) is 11.1 Å². The third-order valence-corrected chi connectivity index (χ3v) is 6.43. The molecule has 3 aromatic carbocycles. The highest BCUT2D eigenvalue weighted by atomic mass is 31.1. The second-order valence-corrected chi connectivity index (χ2v) is 9.01. The molecule has 192 valence electrons. The van der Waals surface area contributed by atoms with E-state index in [4.69, 9.17) is 19.5 Å². The summed E-state index contributed by atoms with van der Waals surface area (Å²) in [7, 11) is -2.87. The summed E-state index contributed by atoms with van der Waals surface area (Å²) in [6.07, 6.45) is 4.42. The summed E-state index contributed by atoms with van der Waals surface area (Å²) in [5.74, 6) is 0.876. The van der Waals surface area contributed by atoms with Gasteiger partial charge in [-0.2, -0.15) is 0 Å². The van der Waals surface area contributed by atoms with Crippen LogP contribution in [-0.2, 0) is 10.1 Å². The van der Waals surface area contributed by atoms with Crippen LogP contribution in [0.15, 0.2) is 102 Å². The molecular formula is C28H32N4O4P+. The van der Waals surface area contributed by atoms with Crippen molar-refractivity contribution in [3.05, 3.63) is 120 Å². The Bertz CT molecular complexity index is 1180. The van der Waals surface area contributed by atoms with E-state index in [1.165, 1.54) is 0 Å². The fourth-order valence-electron chi connectivity index (χ4n) is 4.52. The highest BCUT2D eigenvalue weighted by Crippen LogP contribution is 2.40. The number of benzene rings is 3. The van der Waals surface area contributed by atoms with Crippen molar-refractivity contribution in [2.75, 3.05) is 0 Å². The van der Waals surface area contributed by atoms with Crippen molar-refractivity contribution >= 4 is 14.0 Å². The summed E-state index contributed by atoms with van der Waals surface area (Å²) in [4.78, 5) is 18.9.